The molecule has 0 aliphatic carbocycles. The molecule has 3 N–H and O–H groups in total. The minimum atomic E-state index is -0.0935. The van der Waals surface area contributed by atoms with Crippen molar-refractivity contribution in [3.8, 4) is 0 Å². The van der Waals surface area contributed by atoms with E-state index in [-0.39, 0.29) is 6.04 Å². The van der Waals surface area contributed by atoms with Crippen molar-refractivity contribution in [2.75, 3.05) is 6.61 Å². The van der Waals surface area contributed by atoms with E-state index in [9.17, 15) is 0 Å². The molecule has 5 nitrogen and oxygen atoms in total. The lowest BCUT2D eigenvalue weighted by molar-refractivity contribution is 0.216. The van der Waals surface area contributed by atoms with Gasteiger partial charge in [-0.05, 0) is 24.0 Å². The molecule has 1 aromatic heterocycles. The van der Waals surface area contributed by atoms with Crippen LogP contribution in [0.1, 0.15) is 36.4 Å². The van der Waals surface area contributed by atoms with Crippen molar-refractivity contribution in [2.45, 2.75) is 32.2 Å². The second-order valence-electron chi connectivity index (χ2n) is 3.68. The summed E-state index contributed by atoms with van der Waals surface area (Å²) in [6.07, 6.45) is 5.00. The van der Waals surface area contributed by atoms with Crippen LogP contribution in [0.2, 0.25) is 0 Å². The number of ether oxygens (including phenoxy) is 1. The second-order valence-corrected chi connectivity index (χ2v) is 4.46. The molecule has 0 saturated carbocycles. The van der Waals surface area contributed by atoms with Crippen LogP contribution in [-0.4, -0.2) is 16.2 Å². The minimum absolute atomic E-state index is 0.0935. The third kappa shape index (κ3) is 2.23. The summed E-state index contributed by atoms with van der Waals surface area (Å²) in [5.41, 5.74) is 3.80. The first-order chi connectivity index (χ1) is 7.86. The first kappa shape index (κ1) is 11.5. The smallest absolute Gasteiger partial charge is 0.116 e. The third-order valence-electron chi connectivity index (χ3n) is 2.52. The standard InChI is InChI=1S/C10H16N4OS/c1-2-4-7-10(16-14-13-7)9(12-11)8-5-3-6-15-8/h5,9,12H,2-4,6,11H2,1H3. The monoisotopic (exact) mass is 240 g/mol. The fourth-order valence-electron chi connectivity index (χ4n) is 1.77. The summed E-state index contributed by atoms with van der Waals surface area (Å²) in [4.78, 5) is 1.07. The maximum Gasteiger partial charge on any atom is 0.116 e. The topological polar surface area (TPSA) is 73.1 Å². The summed E-state index contributed by atoms with van der Waals surface area (Å²) in [7, 11) is 0. The Hall–Kier alpha value is -0.980. The molecule has 0 spiro atoms. The van der Waals surface area contributed by atoms with Crippen LogP contribution >= 0.6 is 11.5 Å². The van der Waals surface area contributed by atoms with Gasteiger partial charge in [-0.2, -0.15) is 0 Å². The normalized spacial score (nSPS) is 17.0. The van der Waals surface area contributed by atoms with Crippen molar-refractivity contribution < 1.29 is 4.74 Å². The molecule has 0 fully saturated rings. The molecule has 16 heavy (non-hydrogen) atoms. The van der Waals surface area contributed by atoms with E-state index in [1.54, 1.807) is 0 Å². The lowest BCUT2D eigenvalue weighted by atomic mass is 10.1. The molecule has 1 aromatic rings. The van der Waals surface area contributed by atoms with Crippen LogP contribution in [0.5, 0.6) is 0 Å². The zero-order valence-electron chi connectivity index (χ0n) is 9.27. The molecule has 1 aliphatic heterocycles. The van der Waals surface area contributed by atoms with Crippen LogP contribution in [0.15, 0.2) is 11.8 Å². The highest BCUT2D eigenvalue weighted by molar-refractivity contribution is 7.05. The molecule has 2 heterocycles. The molecule has 1 unspecified atom stereocenters. The average molecular weight is 240 g/mol. The second kappa shape index (κ2) is 5.38. The Morgan fingerprint density at radius 2 is 2.56 bits per heavy atom. The number of nitrogens with one attached hydrogen (secondary N) is 1. The van der Waals surface area contributed by atoms with E-state index in [2.05, 4.69) is 28.0 Å². The summed E-state index contributed by atoms with van der Waals surface area (Å²) in [5, 5.41) is 4.14. The van der Waals surface area contributed by atoms with Crippen molar-refractivity contribution in [1.29, 1.82) is 0 Å². The SMILES string of the molecule is CCCc1nnsc1C(NN)C1=CCCO1. The molecule has 6 heteroatoms. The van der Waals surface area contributed by atoms with Crippen molar-refractivity contribution >= 4 is 11.5 Å². The van der Waals surface area contributed by atoms with E-state index in [4.69, 9.17) is 10.6 Å². The van der Waals surface area contributed by atoms with E-state index >= 15 is 0 Å². The Labute approximate surface area is 98.8 Å². The number of aromatic nitrogens is 2. The van der Waals surface area contributed by atoms with Gasteiger partial charge in [-0.3, -0.25) is 5.84 Å². The molecule has 0 radical (unpaired) electrons. The van der Waals surface area contributed by atoms with Gasteiger partial charge in [0.15, 0.2) is 0 Å². The summed E-state index contributed by atoms with van der Waals surface area (Å²) in [5.74, 6) is 6.48. The van der Waals surface area contributed by atoms with Gasteiger partial charge in [0.05, 0.1) is 17.2 Å². The largest absolute Gasteiger partial charge is 0.496 e. The van der Waals surface area contributed by atoms with E-state index in [0.717, 1.165) is 42.2 Å². The van der Waals surface area contributed by atoms with Gasteiger partial charge in [0.25, 0.3) is 0 Å². The quantitative estimate of drug-likeness (QED) is 0.599. The maximum atomic E-state index is 5.59. The van der Waals surface area contributed by atoms with E-state index in [1.165, 1.54) is 11.5 Å². The number of nitrogens with two attached hydrogens (primary N) is 1. The predicted molar refractivity (Wildman–Crippen MR) is 62.6 cm³/mol. The van der Waals surface area contributed by atoms with Crippen molar-refractivity contribution in [1.82, 2.24) is 15.0 Å². The highest BCUT2D eigenvalue weighted by Crippen LogP contribution is 2.30. The number of aryl methyl sites for hydroxylation is 1. The zero-order chi connectivity index (χ0) is 11.4. The Balaban J connectivity index is 2.22. The summed E-state index contributed by atoms with van der Waals surface area (Å²) >= 11 is 1.38. The molecule has 88 valence electrons. The summed E-state index contributed by atoms with van der Waals surface area (Å²) in [6, 6.07) is -0.0935. The predicted octanol–water partition coefficient (Wildman–Crippen LogP) is 1.30. The number of hydrogen-bond donors (Lipinski definition) is 2. The van der Waals surface area contributed by atoms with Crippen molar-refractivity contribution in [3.05, 3.63) is 22.4 Å². The van der Waals surface area contributed by atoms with Crippen molar-refractivity contribution in [2.24, 2.45) is 5.84 Å². The molecule has 0 bridgehead atoms. The van der Waals surface area contributed by atoms with Gasteiger partial charge in [-0.1, -0.05) is 17.8 Å². The zero-order valence-corrected chi connectivity index (χ0v) is 10.1. The Kier molecular flexibility index (Phi) is 3.87. The Bertz CT molecular complexity index is 377. The highest BCUT2D eigenvalue weighted by Gasteiger charge is 2.24. The number of hydrazine groups is 1. The van der Waals surface area contributed by atoms with Crippen LogP contribution < -0.4 is 11.3 Å². The molecule has 2 rings (SSSR count). The van der Waals surface area contributed by atoms with Crippen LogP contribution in [0.25, 0.3) is 0 Å². The Morgan fingerprint density at radius 3 is 3.19 bits per heavy atom. The minimum Gasteiger partial charge on any atom is -0.496 e. The van der Waals surface area contributed by atoms with Gasteiger partial charge >= 0.3 is 0 Å². The van der Waals surface area contributed by atoms with Gasteiger partial charge in [0, 0.05) is 6.42 Å². The first-order valence-electron chi connectivity index (χ1n) is 5.47. The van der Waals surface area contributed by atoms with Crippen LogP contribution in [-0.2, 0) is 11.2 Å². The van der Waals surface area contributed by atoms with Gasteiger partial charge in [0.1, 0.15) is 11.8 Å². The van der Waals surface area contributed by atoms with E-state index in [0.29, 0.717) is 0 Å². The van der Waals surface area contributed by atoms with Crippen molar-refractivity contribution in [3.63, 3.8) is 0 Å². The van der Waals surface area contributed by atoms with Crippen LogP contribution in [0.4, 0.5) is 0 Å². The number of hydrogen-bond acceptors (Lipinski definition) is 6. The van der Waals surface area contributed by atoms with E-state index < -0.39 is 0 Å². The van der Waals surface area contributed by atoms with Crippen LogP contribution in [0.3, 0.4) is 0 Å². The molecular weight excluding hydrogens is 224 g/mol. The summed E-state index contributed by atoms with van der Waals surface area (Å²) < 4.78 is 9.53. The molecular formula is C10H16N4OS. The number of rotatable bonds is 5. The lowest BCUT2D eigenvalue weighted by Crippen LogP contribution is -2.29. The molecule has 0 saturated heterocycles. The van der Waals surface area contributed by atoms with Gasteiger partial charge in [0.2, 0.25) is 0 Å². The molecule has 0 amide bonds. The fraction of sp³-hybridized carbons (Fsp3) is 0.600. The van der Waals surface area contributed by atoms with Gasteiger partial charge in [-0.15, -0.1) is 5.10 Å². The molecule has 1 aliphatic rings. The molecule has 0 aromatic carbocycles. The summed E-state index contributed by atoms with van der Waals surface area (Å²) in [6.45, 7) is 2.86. The number of nitrogens with zero attached hydrogens (tertiary/aromatic N) is 2. The third-order valence-corrected chi connectivity index (χ3v) is 3.35. The highest BCUT2D eigenvalue weighted by atomic mass is 32.1. The first-order valence-corrected chi connectivity index (χ1v) is 6.24. The van der Waals surface area contributed by atoms with Gasteiger partial charge < -0.3 is 4.74 Å². The maximum absolute atomic E-state index is 5.59. The fourth-order valence-corrected chi connectivity index (χ4v) is 2.54. The van der Waals surface area contributed by atoms with Crippen LogP contribution in [0, 0.1) is 0 Å². The van der Waals surface area contributed by atoms with E-state index in [1.807, 2.05) is 0 Å². The average Bonchev–Trinajstić information content (AvgIpc) is 2.92. The molecule has 1 atom stereocenters. The Morgan fingerprint density at radius 1 is 1.69 bits per heavy atom. The lowest BCUT2D eigenvalue weighted by Gasteiger charge is -2.16. The van der Waals surface area contributed by atoms with Gasteiger partial charge in [-0.25, -0.2) is 5.43 Å².